The van der Waals surface area contributed by atoms with Crippen LogP contribution >= 0.6 is 0 Å². The van der Waals surface area contributed by atoms with Crippen molar-refractivity contribution in [3.63, 3.8) is 0 Å². The molecule has 1 aliphatic heterocycles. The van der Waals surface area contributed by atoms with E-state index >= 15 is 0 Å². The average Bonchev–Trinajstić information content (AvgIpc) is 3.28. The molecule has 8 nitrogen and oxygen atoms in total. The molecule has 3 aliphatic rings. The molecule has 27 heavy (non-hydrogen) atoms. The minimum atomic E-state index is -0.513. The highest BCUT2D eigenvalue weighted by molar-refractivity contribution is 5.95. The summed E-state index contributed by atoms with van der Waals surface area (Å²) >= 11 is 0. The largest absolute Gasteiger partial charge is 0.465 e. The second-order valence-corrected chi connectivity index (χ2v) is 7.15. The molecule has 1 heterocycles. The molecule has 0 spiro atoms. The van der Waals surface area contributed by atoms with Crippen molar-refractivity contribution in [2.24, 2.45) is 23.7 Å². The van der Waals surface area contributed by atoms with Crippen LogP contribution in [0, 0.1) is 23.7 Å². The van der Waals surface area contributed by atoms with E-state index < -0.39 is 36.3 Å². The zero-order chi connectivity index (χ0) is 19.1. The van der Waals surface area contributed by atoms with Gasteiger partial charge in [-0.15, -0.1) is 0 Å². The highest BCUT2D eigenvalue weighted by Crippen LogP contribution is 2.57. The van der Waals surface area contributed by atoms with Crippen molar-refractivity contribution in [1.29, 1.82) is 0 Å². The van der Waals surface area contributed by atoms with Gasteiger partial charge in [0, 0.05) is 11.6 Å². The summed E-state index contributed by atoms with van der Waals surface area (Å²) in [6.07, 6.45) is 1.46. The number of ether oxygens (including phenoxy) is 3. The number of nitrogens with one attached hydrogen (secondary N) is 1. The number of methoxy groups -OCH3 is 1. The standard InChI is InChI=1S/C19H19NO7/c1-25-17(22)9-2-4-11(5-3-9)20-14(21)8-26-18(23)15-10-6-12-13(7-10)27-19(24)16(12)15/h2-5,10,12-13,15-16H,6-8H2,1H3,(H,20,21)/t10-,12+,13-,15-,16-/m1/s1. The van der Waals surface area contributed by atoms with Gasteiger partial charge in [-0.1, -0.05) is 0 Å². The molecule has 4 rings (SSSR count). The van der Waals surface area contributed by atoms with Crippen molar-refractivity contribution in [2.75, 3.05) is 19.0 Å². The Bertz CT molecular complexity index is 801. The molecule has 1 aromatic carbocycles. The van der Waals surface area contributed by atoms with Gasteiger partial charge in [0.15, 0.2) is 6.61 Å². The molecule has 3 fully saturated rings. The summed E-state index contributed by atoms with van der Waals surface area (Å²) < 4.78 is 15.1. The van der Waals surface area contributed by atoms with Crippen LogP contribution in [0.2, 0.25) is 0 Å². The number of hydrogen-bond acceptors (Lipinski definition) is 7. The molecular weight excluding hydrogens is 354 g/mol. The molecule has 142 valence electrons. The average molecular weight is 373 g/mol. The Kier molecular flexibility index (Phi) is 4.33. The summed E-state index contributed by atoms with van der Waals surface area (Å²) in [6.45, 7) is -0.434. The van der Waals surface area contributed by atoms with E-state index in [9.17, 15) is 19.2 Å². The van der Waals surface area contributed by atoms with Crippen molar-refractivity contribution in [3.8, 4) is 0 Å². The summed E-state index contributed by atoms with van der Waals surface area (Å²) in [6, 6.07) is 6.14. The van der Waals surface area contributed by atoms with Gasteiger partial charge >= 0.3 is 17.9 Å². The quantitative estimate of drug-likeness (QED) is 0.609. The van der Waals surface area contributed by atoms with Crippen LogP contribution in [0.3, 0.4) is 0 Å². The number of anilines is 1. The number of amides is 1. The lowest BCUT2D eigenvalue weighted by Gasteiger charge is -2.22. The fraction of sp³-hybridized carbons (Fsp3) is 0.474. The van der Waals surface area contributed by atoms with E-state index in [0.717, 1.165) is 6.42 Å². The maximum Gasteiger partial charge on any atom is 0.337 e. The number of benzene rings is 1. The number of carbonyl (C=O) groups excluding carboxylic acids is 4. The SMILES string of the molecule is COC(=O)c1ccc(NC(=O)COC(=O)[C@@H]2[C@@H]3C[C@@H]4[C@H]2C(=O)O[C@@H]4C3)cc1. The van der Waals surface area contributed by atoms with E-state index in [1.807, 2.05) is 0 Å². The summed E-state index contributed by atoms with van der Waals surface area (Å²) in [5, 5.41) is 2.59. The number of esters is 3. The second kappa shape index (κ2) is 6.68. The highest BCUT2D eigenvalue weighted by Gasteiger charge is 2.64. The monoisotopic (exact) mass is 373 g/mol. The summed E-state index contributed by atoms with van der Waals surface area (Å²) in [4.78, 5) is 47.8. The van der Waals surface area contributed by atoms with E-state index in [0.29, 0.717) is 17.7 Å². The van der Waals surface area contributed by atoms with Crippen molar-refractivity contribution in [3.05, 3.63) is 29.8 Å². The van der Waals surface area contributed by atoms with Crippen LogP contribution in [0.5, 0.6) is 0 Å². The first-order valence-electron chi connectivity index (χ1n) is 8.83. The zero-order valence-electron chi connectivity index (χ0n) is 14.7. The van der Waals surface area contributed by atoms with E-state index in [1.54, 1.807) is 12.1 Å². The van der Waals surface area contributed by atoms with Gasteiger partial charge in [-0.2, -0.15) is 0 Å². The Morgan fingerprint density at radius 2 is 1.93 bits per heavy atom. The Morgan fingerprint density at radius 3 is 2.63 bits per heavy atom. The third-order valence-corrected chi connectivity index (χ3v) is 5.69. The number of rotatable bonds is 5. The Morgan fingerprint density at radius 1 is 1.19 bits per heavy atom. The molecule has 2 saturated carbocycles. The summed E-state index contributed by atoms with van der Waals surface area (Å²) in [5.74, 6) is -2.52. The number of hydrogen-bond donors (Lipinski definition) is 1. The first-order chi connectivity index (χ1) is 13.0. The van der Waals surface area contributed by atoms with E-state index in [-0.39, 0.29) is 23.9 Å². The van der Waals surface area contributed by atoms with Gasteiger partial charge in [-0.05, 0) is 43.0 Å². The first-order valence-corrected chi connectivity index (χ1v) is 8.83. The normalized spacial score (nSPS) is 30.0. The zero-order valence-corrected chi connectivity index (χ0v) is 14.7. The predicted molar refractivity (Wildman–Crippen MR) is 90.4 cm³/mol. The van der Waals surface area contributed by atoms with Gasteiger partial charge in [-0.25, -0.2) is 4.79 Å². The van der Waals surface area contributed by atoms with E-state index in [2.05, 4.69) is 10.1 Å². The van der Waals surface area contributed by atoms with Crippen molar-refractivity contribution < 1.29 is 33.4 Å². The van der Waals surface area contributed by atoms with Gasteiger partial charge in [0.2, 0.25) is 0 Å². The third-order valence-electron chi connectivity index (χ3n) is 5.69. The maximum absolute atomic E-state index is 12.4. The highest BCUT2D eigenvalue weighted by atomic mass is 16.6. The maximum atomic E-state index is 12.4. The molecule has 1 N–H and O–H groups in total. The minimum absolute atomic E-state index is 0.0483. The van der Waals surface area contributed by atoms with Crippen LogP contribution in [0.15, 0.2) is 24.3 Å². The van der Waals surface area contributed by atoms with Crippen molar-refractivity contribution in [1.82, 2.24) is 0 Å². The molecule has 1 aromatic rings. The van der Waals surface area contributed by atoms with Crippen LogP contribution in [-0.2, 0) is 28.6 Å². The van der Waals surface area contributed by atoms with Gasteiger partial charge in [-0.3, -0.25) is 14.4 Å². The molecule has 1 saturated heterocycles. The van der Waals surface area contributed by atoms with Gasteiger partial charge in [0.1, 0.15) is 6.10 Å². The van der Waals surface area contributed by atoms with Crippen molar-refractivity contribution >= 4 is 29.5 Å². The van der Waals surface area contributed by atoms with Crippen molar-refractivity contribution in [2.45, 2.75) is 18.9 Å². The molecule has 2 aliphatic carbocycles. The molecule has 2 bridgehead atoms. The van der Waals surface area contributed by atoms with E-state index in [4.69, 9.17) is 9.47 Å². The number of carbonyl (C=O) groups is 4. The second-order valence-electron chi connectivity index (χ2n) is 7.15. The predicted octanol–water partition coefficient (Wildman–Crippen LogP) is 1.15. The van der Waals surface area contributed by atoms with E-state index in [1.165, 1.54) is 19.2 Å². The van der Waals surface area contributed by atoms with Gasteiger partial charge in [0.25, 0.3) is 5.91 Å². The van der Waals surface area contributed by atoms with Crippen LogP contribution < -0.4 is 5.32 Å². The minimum Gasteiger partial charge on any atom is -0.465 e. The topological polar surface area (TPSA) is 108 Å². The van der Waals surface area contributed by atoms with Crippen LogP contribution in [0.25, 0.3) is 0 Å². The lowest BCUT2D eigenvalue weighted by Crippen LogP contribution is -2.34. The Hall–Kier alpha value is -2.90. The summed E-state index contributed by atoms with van der Waals surface area (Å²) in [5.41, 5.74) is 0.825. The smallest absolute Gasteiger partial charge is 0.337 e. The first kappa shape index (κ1) is 17.5. The molecule has 0 aromatic heterocycles. The van der Waals surface area contributed by atoms with Crippen LogP contribution in [0.4, 0.5) is 5.69 Å². The molecule has 5 atom stereocenters. The molecule has 1 amide bonds. The third kappa shape index (κ3) is 3.05. The fourth-order valence-electron chi connectivity index (χ4n) is 4.56. The molecule has 0 radical (unpaired) electrons. The number of fused-ring (bicyclic) bond motifs is 1. The molecular formula is C19H19NO7. The lowest BCUT2D eigenvalue weighted by molar-refractivity contribution is -0.157. The van der Waals surface area contributed by atoms with Crippen LogP contribution in [-0.4, -0.2) is 43.6 Å². The summed E-state index contributed by atoms with van der Waals surface area (Å²) in [7, 11) is 1.29. The molecule has 8 heteroatoms. The Balaban J connectivity index is 1.30. The van der Waals surface area contributed by atoms with Gasteiger partial charge < -0.3 is 19.5 Å². The fourth-order valence-corrected chi connectivity index (χ4v) is 4.56. The Labute approximate surface area is 155 Å². The molecule has 0 unspecified atom stereocenters. The van der Waals surface area contributed by atoms with Gasteiger partial charge in [0.05, 0.1) is 24.5 Å². The lowest BCUT2D eigenvalue weighted by atomic mass is 9.80. The van der Waals surface area contributed by atoms with Crippen LogP contribution in [0.1, 0.15) is 23.2 Å².